The number of hydrogen-bond donors (Lipinski definition) is 0. The van der Waals surface area contributed by atoms with E-state index < -0.39 is 0 Å². The van der Waals surface area contributed by atoms with Gasteiger partial charge in [0.15, 0.2) is 0 Å². The quantitative estimate of drug-likeness (QED) is 0.441. The number of rotatable bonds is 5. The molecule has 0 fully saturated rings. The first-order valence-electron chi connectivity index (χ1n) is 5.15. The van der Waals surface area contributed by atoms with Gasteiger partial charge in [-0.3, -0.25) is 0 Å². The van der Waals surface area contributed by atoms with Gasteiger partial charge in [-0.05, 0) is 12.8 Å². The van der Waals surface area contributed by atoms with Crippen LogP contribution in [0.2, 0.25) is 0 Å². The lowest BCUT2D eigenvalue weighted by atomic mass is 10.1. The zero-order chi connectivity index (χ0) is 9.56. The first kappa shape index (κ1) is 11.7. The Labute approximate surface area is 77.5 Å². The van der Waals surface area contributed by atoms with Crippen LogP contribution in [0.1, 0.15) is 47.0 Å². The summed E-state index contributed by atoms with van der Waals surface area (Å²) in [6, 6.07) is 0. The molecule has 0 aliphatic carbocycles. The number of hydrogen-bond acceptors (Lipinski definition) is 0. The Balaban J connectivity index is 3.97. The lowest BCUT2D eigenvalue weighted by Gasteiger charge is -2.06. The van der Waals surface area contributed by atoms with Crippen molar-refractivity contribution in [2.45, 2.75) is 47.0 Å². The first-order chi connectivity index (χ1) is 5.61. The molecule has 0 saturated heterocycles. The molecule has 0 aromatic carbocycles. The van der Waals surface area contributed by atoms with Crippen molar-refractivity contribution in [3.8, 4) is 0 Å². The van der Waals surface area contributed by atoms with Gasteiger partial charge >= 0.3 is 0 Å². The van der Waals surface area contributed by atoms with Crippen LogP contribution < -0.4 is 0 Å². The molecule has 12 heavy (non-hydrogen) atoms. The molecule has 0 aromatic heterocycles. The summed E-state index contributed by atoms with van der Waals surface area (Å²) in [5.41, 5.74) is 1.53. The highest BCUT2D eigenvalue weighted by Gasteiger charge is 2.08. The van der Waals surface area contributed by atoms with Crippen molar-refractivity contribution in [2.24, 2.45) is 5.92 Å². The highest BCUT2D eigenvalue weighted by Crippen LogP contribution is 2.01. The van der Waals surface area contributed by atoms with Gasteiger partial charge in [0, 0.05) is 19.3 Å². The number of nitrogens with zero attached hydrogens (tertiary/aromatic N) is 1. The van der Waals surface area contributed by atoms with Crippen LogP contribution in [0.3, 0.4) is 0 Å². The second kappa shape index (κ2) is 6.22. The van der Waals surface area contributed by atoms with E-state index >= 15 is 0 Å². The summed E-state index contributed by atoms with van der Waals surface area (Å²) in [5.74, 6) is 0.821. The smallest absolute Gasteiger partial charge is 0.148 e. The molecule has 0 spiro atoms. The van der Waals surface area contributed by atoms with Gasteiger partial charge in [-0.1, -0.05) is 20.8 Å². The van der Waals surface area contributed by atoms with E-state index in [0.717, 1.165) is 5.92 Å². The molecule has 1 nitrogen and oxygen atoms in total. The first-order valence-corrected chi connectivity index (χ1v) is 5.15. The lowest BCUT2D eigenvalue weighted by Crippen LogP contribution is -2.20. The minimum absolute atomic E-state index is 0.821. The van der Waals surface area contributed by atoms with Crippen LogP contribution >= 0.6 is 0 Å². The molecule has 0 aliphatic heterocycles. The monoisotopic (exact) mass is 170 g/mol. The Hall–Kier alpha value is -0.330. The third kappa shape index (κ3) is 4.53. The second-order valence-corrected chi connectivity index (χ2v) is 3.88. The molecule has 0 aromatic rings. The zero-order valence-corrected chi connectivity index (χ0v) is 9.35. The fraction of sp³-hybridized carbons (Fsp3) is 0.909. The standard InChI is InChI=1S/C11H24N/c1-6-8-11(4)12(5)9-10(3)7-2/h10H,6-9H2,1-5H3/q+1/t10-/m1/s1. The molecule has 0 radical (unpaired) electrons. The molecular formula is C11H24N+. The predicted molar refractivity (Wildman–Crippen MR) is 56.1 cm³/mol. The van der Waals surface area contributed by atoms with E-state index in [1.807, 2.05) is 0 Å². The van der Waals surface area contributed by atoms with Gasteiger partial charge in [0.1, 0.15) is 19.3 Å². The molecule has 0 unspecified atom stereocenters. The Morgan fingerprint density at radius 3 is 2.33 bits per heavy atom. The fourth-order valence-electron chi connectivity index (χ4n) is 1.31. The predicted octanol–water partition coefficient (Wildman–Crippen LogP) is 2.94. The minimum atomic E-state index is 0.821. The van der Waals surface area contributed by atoms with Crippen LogP contribution in [0.4, 0.5) is 0 Å². The molecule has 0 rings (SSSR count). The summed E-state index contributed by atoms with van der Waals surface area (Å²) in [6.45, 7) is 10.3. The molecule has 0 amide bonds. The van der Waals surface area contributed by atoms with Gasteiger partial charge in [0.25, 0.3) is 0 Å². The molecular weight excluding hydrogens is 146 g/mol. The highest BCUT2D eigenvalue weighted by molar-refractivity contribution is 5.76. The van der Waals surface area contributed by atoms with Crippen molar-refractivity contribution in [3.05, 3.63) is 0 Å². The highest BCUT2D eigenvalue weighted by atomic mass is 15.0. The summed E-state index contributed by atoms with van der Waals surface area (Å²) in [5, 5.41) is 0. The maximum Gasteiger partial charge on any atom is 0.148 e. The molecule has 1 heteroatoms. The van der Waals surface area contributed by atoms with E-state index in [1.165, 1.54) is 31.5 Å². The van der Waals surface area contributed by atoms with Crippen molar-refractivity contribution >= 4 is 5.71 Å². The SMILES string of the molecule is CCCC(C)=[N+](C)C[C@H](C)CC. The third-order valence-electron chi connectivity index (χ3n) is 2.55. The summed E-state index contributed by atoms with van der Waals surface area (Å²) < 4.78 is 2.40. The summed E-state index contributed by atoms with van der Waals surface area (Å²) in [7, 11) is 2.21. The summed E-state index contributed by atoms with van der Waals surface area (Å²) in [4.78, 5) is 0. The van der Waals surface area contributed by atoms with Gasteiger partial charge in [0.2, 0.25) is 0 Å². The Morgan fingerprint density at radius 2 is 1.92 bits per heavy atom. The third-order valence-corrected chi connectivity index (χ3v) is 2.55. The average Bonchev–Trinajstić information content (AvgIpc) is 2.04. The van der Waals surface area contributed by atoms with Crippen molar-refractivity contribution in [1.82, 2.24) is 0 Å². The summed E-state index contributed by atoms with van der Waals surface area (Å²) in [6.07, 6.45) is 3.79. The van der Waals surface area contributed by atoms with Crippen molar-refractivity contribution < 1.29 is 4.58 Å². The Morgan fingerprint density at radius 1 is 1.33 bits per heavy atom. The van der Waals surface area contributed by atoms with Crippen LogP contribution in [-0.4, -0.2) is 23.9 Å². The molecule has 72 valence electrons. The van der Waals surface area contributed by atoms with E-state index in [4.69, 9.17) is 0 Å². The second-order valence-electron chi connectivity index (χ2n) is 3.88. The lowest BCUT2D eigenvalue weighted by molar-refractivity contribution is -0.506. The van der Waals surface area contributed by atoms with Crippen LogP contribution in [0.15, 0.2) is 0 Å². The topological polar surface area (TPSA) is 3.01 Å². The van der Waals surface area contributed by atoms with Crippen LogP contribution in [-0.2, 0) is 0 Å². The average molecular weight is 170 g/mol. The Bertz CT molecular complexity index is 147. The van der Waals surface area contributed by atoms with E-state index in [-0.39, 0.29) is 0 Å². The van der Waals surface area contributed by atoms with E-state index in [0.29, 0.717) is 0 Å². The maximum atomic E-state index is 2.40. The van der Waals surface area contributed by atoms with Crippen molar-refractivity contribution in [1.29, 1.82) is 0 Å². The molecule has 1 atom stereocenters. The van der Waals surface area contributed by atoms with Gasteiger partial charge in [-0.2, -0.15) is 0 Å². The molecule has 0 heterocycles. The van der Waals surface area contributed by atoms with Crippen molar-refractivity contribution in [3.63, 3.8) is 0 Å². The fourth-order valence-corrected chi connectivity index (χ4v) is 1.31. The van der Waals surface area contributed by atoms with Crippen LogP contribution in [0.5, 0.6) is 0 Å². The minimum Gasteiger partial charge on any atom is -0.240 e. The van der Waals surface area contributed by atoms with Gasteiger partial charge in [0.05, 0.1) is 0 Å². The summed E-state index contributed by atoms with van der Waals surface area (Å²) >= 11 is 0. The maximum absolute atomic E-state index is 2.40. The molecule has 0 N–H and O–H groups in total. The van der Waals surface area contributed by atoms with E-state index in [9.17, 15) is 0 Å². The van der Waals surface area contributed by atoms with E-state index in [1.54, 1.807) is 0 Å². The van der Waals surface area contributed by atoms with Gasteiger partial charge < -0.3 is 0 Å². The molecule has 0 bridgehead atoms. The largest absolute Gasteiger partial charge is 0.240 e. The molecule has 0 aliphatic rings. The van der Waals surface area contributed by atoms with Crippen LogP contribution in [0, 0.1) is 5.92 Å². The zero-order valence-electron chi connectivity index (χ0n) is 9.35. The normalized spacial score (nSPS) is 15.8. The van der Waals surface area contributed by atoms with Gasteiger partial charge in [-0.15, -0.1) is 0 Å². The van der Waals surface area contributed by atoms with Gasteiger partial charge in [-0.25, -0.2) is 4.58 Å². The van der Waals surface area contributed by atoms with Crippen molar-refractivity contribution in [2.75, 3.05) is 13.6 Å². The van der Waals surface area contributed by atoms with E-state index in [2.05, 4.69) is 39.3 Å². The Kier molecular flexibility index (Phi) is 6.04. The molecule has 0 saturated carbocycles. The van der Waals surface area contributed by atoms with Crippen LogP contribution in [0.25, 0.3) is 0 Å².